The number of hydrogen-bond acceptors (Lipinski definition) is 1. The highest BCUT2D eigenvalue weighted by Gasteiger charge is 2.35. The monoisotopic (exact) mass is 197 g/mol. The van der Waals surface area contributed by atoms with Crippen molar-refractivity contribution >= 4 is 0 Å². The molecule has 1 saturated carbocycles. The van der Waals surface area contributed by atoms with Crippen molar-refractivity contribution < 1.29 is 0 Å². The Morgan fingerprint density at radius 2 is 1.64 bits per heavy atom. The van der Waals surface area contributed by atoms with Gasteiger partial charge in [0.1, 0.15) is 0 Å². The Labute approximate surface area is 89.7 Å². The summed E-state index contributed by atoms with van der Waals surface area (Å²) in [5.41, 5.74) is 0. The quantitative estimate of drug-likeness (QED) is 0.659. The van der Waals surface area contributed by atoms with Gasteiger partial charge >= 0.3 is 0 Å². The standard InChI is InChI=1S/C13H27N/c1-10(2)5-7-12-9-13(12)8-6-11(3)14-4/h10-14H,5-9H2,1-4H3. The minimum atomic E-state index is 0.710. The Morgan fingerprint density at radius 1 is 1.07 bits per heavy atom. The lowest BCUT2D eigenvalue weighted by atomic mass is 10.0. The highest BCUT2D eigenvalue weighted by atomic mass is 14.8. The number of rotatable bonds is 7. The molecular formula is C13H27N. The van der Waals surface area contributed by atoms with Gasteiger partial charge in [-0.1, -0.05) is 20.3 Å². The topological polar surface area (TPSA) is 12.0 Å². The Bertz CT molecular complexity index is 153. The summed E-state index contributed by atoms with van der Waals surface area (Å²) < 4.78 is 0. The van der Waals surface area contributed by atoms with Gasteiger partial charge in [0.05, 0.1) is 0 Å². The van der Waals surface area contributed by atoms with Crippen molar-refractivity contribution in [3.63, 3.8) is 0 Å². The predicted octanol–water partition coefficient (Wildman–Crippen LogP) is 3.45. The minimum absolute atomic E-state index is 0.710. The van der Waals surface area contributed by atoms with Crippen LogP contribution in [-0.4, -0.2) is 13.1 Å². The molecule has 1 aliphatic rings. The first-order chi connectivity index (χ1) is 6.63. The SMILES string of the molecule is CNC(C)CCC1CC1CCC(C)C. The van der Waals surface area contributed by atoms with Crippen molar-refractivity contribution in [2.24, 2.45) is 17.8 Å². The summed E-state index contributed by atoms with van der Waals surface area (Å²) in [6.45, 7) is 6.95. The maximum atomic E-state index is 3.31. The zero-order chi connectivity index (χ0) is 10.6. The molecule has 84 valence electrons. The predicted molar refractivity (Wildman–Crippen MR) is 63.4 cm³/mol. The Hall–Kier alpha value is -0.0400. The molecule has 0 radical (unpaired) electrons. The fraction of sp³-hybridized carbons (Fsp3) is 1.00. The van der Waals surface area contributed by atoms with Gasteiger partial charge in [0.25, 0.3) is 0 Å². The molecule has 0 saturated heterocycles. The van der Waals surface area contributed by atoms with Crippen LogP contribution >= 0.6 is 0 Å². The highest BCUT2D eigenvalue weighted by Crippen LogP contribution is 2.45. The van der Waals surface area contributed by atoms with Crippen LogP contribution in [0.2, 0.25) is 0 Å². The first-order valence-electron chi connectivity index (χ1n) is 6.30. The lowest BCUT2D eigenvalue weighted by Gasteiger charge is -2.09. The molecule has 0 aromatic carbocycles. The fourth-order valence-corrected chi connectivity index (χ4v) is 2.17. The van der Waals surface area contributed by atoms with E-state index in [1.165, 1.54) is 32.1 Å². The van der Waals surface area contributed by atoms with Crippen LogP contribution in [0.5, 0.6) is 0 Å². The van der Waals surface area contributed by atoms with Crippen molar-refractivity contribution in [3.8, 4) is 0 Å². The second kappa shape index (κ2) is 5.75. The van der Waals surface area contributed by atoms with Gasteiger partial charge in [-0.3, -0.25) is 0 Å². The molecule has 3 unspecified atom stereocenters. The molecule has 0 aromatic heterocycles. The van der Waals surface area contributed by atoms with E-state index in [1.54, 1.807) is 0 Å². The largest absolute Gasteiger partial charge is 0.317 e. The molecular weight excluding hydrogens is 170 g/mol. The van der Waals surface area contributed by atoms with Crippen molar-refractivity contribution in [1.29, 1.82) is 0 Å². The maximum absolute atomic E-state index is 3.31. The van der Waals surface area contributed by atoms with E-state index >= 15 is 0 Å². The van der Waals surface area contributed by atoms with Gasteiger partial charge in [-0.25, -0.2) is 0 Å². The molecule has 0 aromatic rings. The number of nitrogens with one attached hydrogen (secondary N) is 1. The molecule has 1 heteroatoms. The van der Waals surface area contributed by atoms with Crippen LogP contribution in [0, 0.1) is 17.8 Å². The van der Waals surface area contributed by atoms with Gasteiger partial charge in [-0.2, -0.15) is 0 Å². The Balaban J connectivity index is 1.97. The molecule has 0 spiro atoms. The van der Waals surface area contributed by atoms with Crippen LogP contribution in [-0.2, 0) is 0 Å². The second-order valence-electron chi connectivity index (χ2n) is 5.49. The normalized spacial score (nSPS) is 28.1. The molecule has 0 bridgehead atoms. The third-order valence-electron chi connectivity index (χ3n) is 3.65. The average molecular weight is 197 g/mol. The maximum Gasteiger partial charge on any atom is 0.00358 e. The number of hydrogen-bond donors (Lipinski definition) is 1. The zero-order valence-electron chi connectivity index (χ0n) is 10.3. The van der Waals surface area contributed by atoms with Crippen molar-refractivity contribution in [3.05, 3.63) is 0 Å². The summed E-state index contributed by atoms with van der Waals surface area (Å²) >= 11 is 0. The molecule has 1 nitrogen and oxygen atoms in total. The van der Waals surface area contributed by atoms with Crippen LogP contribution in [0.1, 0.15) is 52.9 Å². The summed E-state index contributed by atoms with van der Waals surface area (Å²) in [7, 11) is 2.06. The summed E-state index contributed by atoms with van der Waals surface area (Å²) in [6, 6.07) is 0.710. The van der Waals surface area contributed by atoms with Crippen molar-refractivity contribution in [2.45, 2.75) is 58.9 Å². The smallest absolute Gasteiger partial charge is 0.00358 e. The zero-order valence-corrected chi connectivity index (χ0v) is 10.3. The average Bonchev–Trinajstić information content (AvgIpc) is 2.89. The van der Waals surface area contributed by atoms with E-state index < -0.39 is 0 Å². The van der Waals surface area contributed by atoms with Crippen LogP contribution in [0.15, 0.2) is 0 Å². The minimum Gasteiger partial charge on any atom is -0.317 e. The van der Waals surface area contributed by atoms with E-state index in [0.717, 1.165) is 17.8 Å². The summed E-state index contributed by atoms with van der Waals surface area (Å²) in [5, 5.41) is 3.31. The third-order valence-corrected chi connectivity index (χ3v) is 3.65. The molecule has 1 aliphatic carbocycles. The van der Waals surface area contributed by atoms with Gasteiger partial charge in [0.2, 0.25) is 0 Å². The van der Waals surface area contributed by atoms with Gasteiger partial charge in [0.15, 0.2) is 0 Å². The molecule has 0 aliphatic heterocycles. The second-order valence-corrected chi connectivity index (χ2v) is 5.49. The van der Waals surface area contributed by atoms with E-state index in [9.17, 15) is 0 Å². The van der Waals surface area contributed by atoms with Gasteiger partial charge in [-0.15, -0.1) is 0 Å². The van der Waals surface area contributed by atoms with E-state index in [0.29, 0.717) is 6.04 Å². The van der Waals surface area contributed by atoms with Crippen LogP contribution in [0.25, 0.3) is 0 Å². The first-order valence-corrected chi connectivity index (χ1v) is 6.30. The first kappa shape index (κ1) is 12.0. The van der Waals surface area contributed by atoms with E-state index in [2.05, 4.69) is 33.1 Å². The summed E-state index contributed by atoms with van der Waals surface area (Å²) in [4.78, 5) is 0. The van der Waals surface area contributed by atoms with Gasteiger partial charge in [0, 0.05) is 6.04 Å². The lowest BCUT2D eigenvalue weighted by molar-refractivity contribution is 0.472. The Morgan fingerprint density at radius 3 is 2.14 bits per heavy atom. The summed E-state index contributed by atoms with van der Waals surface area (Å²) in [6.07, 6.45) is 7.24. The fourth-order valence-electron chi connectivity index (χ4n) is 2.17. The van der Waals surface area contributed by atoms with Crippen LogP contribution < -0.4 is 5.32 Å². The highest BCUT2D eigenvalue weighted by molar-refractivity contribution is 4.86. The van der Waals surface area contributed by atoms with Crippen LogP contribution in [0.4, 0.5) is 0 Å². The summed E-state index contributed by atoms with van der Waals surface area (Å²) in [5.74, 6) is 3.05. The van der Waals surface area contributed by atoms with Crippen molar-refractivity contribution in [1.82, 2.24) is 5.32 Å². The molecule has 1 fully saturated rings. The van der Waals surface area contributed by atoms with E-state index in [1.807, 2.05) is 0 Å². The van der Waals surface area contributed by atoms with E-state index in [-0.39, 0.29) is 0 Å². The third kappa shape index (κ3) is 4.45. The van der Waals surface area contributed by atoms with Gasteiger partial charge < -0.3 is 5.32 Å². The van der Waals surface area contributed by atoms with Crippen LogP contribution in [0.3, 0.4) is 0 Å². The molecule has 1 N–H and O–H groups in total. The molecule has 3 atom stereocenters. The Kier molecular flexibility index (Phi) is 4.94. The molecule has 14 heavy (non-hydrogen) atoms. The lowest BCUT2D eigenvalue weighted by Crippen LogP contribution is -2.20. The van der Waals surface area contributed by atoms with E-state index in [4.69, 9.17) is 0 Å². The molecule has 0 amide bonds. The molecule has 0 heterocycles. The molecule has 1 rings (SSSR count). The van der Waals surface area contributed by atoms with Crippen molar-refractivity contribution in [2.75, 3.05) is 7.05 Å². The van der Waals surface area contributed by atoms with Gasteiger partial charge in [-0.05, 0) is 57.4 Å².